The fourth-order valence-corrected chi connectivity index (χ4v) is 0.706. The molecule has 0 saturated carbocycles. The third-order valence-electron chi connectivity index (χ3n) is 1.39. The zero-order chi connectivity index (χ0) is 10.6. The summed E-state index contributed by atoms with van der Waals surface area (Å²) >= 11 is 0. The average Bonchev–Trinajstić information content (AvgIpc) is 2.15. The molecule has 0 atom stereocenters. The highest BCUT2D eigenvalue weighted by Gasteiger charge is 2.27. The van der Waals surface area contributed by atoms with Gasteiger partial charge in [-0.05, 0) is 0 Å². The molecule has 0 spiro atoms. The minimum absolute atomic E-state index is 0.0503. The summed E-state index contributed by atoms with van der Waals surface area (Å²) in [5, 5.41) is 10.4. The van der Waals surface area contributed by atoms with Crippen molar-refractivity contribution >= 4 is 5.82 Å². The van der Waals surface area contributed by atoms with Crippen molar-refractivity contribution < 1.29 is 18.3 Å². The number of aliphatic hydroxyl groups excluding tert-OH is 1. The molecular formula is C7H8F3N3O. The summed E-state index contributed by atoms with van der Waals surface area (Å²) in [6.45, 7) is -2.08. The fourth-order valence-electron chi connectivity index (χ4n) is 0.706. The summed E-state index contributed by atoms with van der Waals surface area (Å²) in [5.74, 6) is -4.11. The van der Waals surface area contributed by atoms with Crippen LogP contribution in [0.3, 0.4) is 0 Å². The van der Waals surface area contributed by atoms with E-state index in [9.17, 15) is 13.2 Å². The molecule has 7 heteroatoms. The molecule has 2 N–H and O–H groups in total. The Bertz CT molecular complexity index is 308. The van der Waals surface area contributed by atoms with Crippen molar-refractivity contribution in [3.63, 3.8) is 0 Å². The summed E-state index contributed by atoms with van der Waals surface area (Å²) < 4.78 is 37.4. The molecule has 1 aromatic heterocycles. The molecule has 0 aliphatic rings. The van der Waals surface area contributed by atoms with Crippen molar-refractivity contribution in [1.82, 2.24) is 9.97 Å². The molecule has 0 aliphatic carbocycles. The van der Waals surface area contributed by atoms with Gasteiger partial charge in [-0.15, -0.1) is 0 Å². The maximum absolute atomic E-state index is 12.5. The number of aromatic nitrogens is 2. The van der Waals surface area contributed by atoms with E-state index in [0.29, 0.717) is 0 Å². The lowest BCUT2D eigenvalue weighted by atomic mass is 10.3. The Morgan fingerprint density at radius 3 is 2.71 bits per heavy atom. The van der Waals surface area contributed by atoms with E-state index in [4.69, 9.17) is 5.11 Å². The number of hydrogen-bond donors (Lipinski definition) is 2. The van der Waals surface area contributed by atoms with E-state index in [1.807, 2.05) is 0 Å². The third-order valence-corrected chi connectivity index (χ3v) is 1.39. The molecule has 78 valence electrons. The second kappa shape index (κ2) is 4.23. The van der Waals surface area contributed by atoms with E-state index in [2.05, 4.69) is 15.3 Å². The number of halogens is 3. The zero-order valence-electron chi connectivity index (χ0n) is 7.04. The summed E-state index contributed by atoms with van der Waals surface area (Å²) in [4.78, 5) is 6.65. The Labute approximate surface area is 77.8 Å². The second-order valence-electron chi connectivity index (χ2n) is 2.59. The molecule has 0 aliphatic heterocycles. The number of rotatable bonds is 4. The quantitative estimate of drug-likeness (QED) is 0.712. The van der Waals surface area contributed by atoms with Gasteiger partial charge in [0, 0.05) is 6.07 Å². The van der Waals surface area contributed by atoms with Crippen LogP contribution in [0.5, 0.6) is 0 Å². The highest BCUT2D eigenvalue weighted by atomic mass is 19.3. The molecular weight excluding hydrogens is 199 g/mol. The molecule has 0 fully saturated rings. The first-order valence-electron chi connectivity index (χ1n) is 3.73. The standard InChI is InChI=1S/C7H8F3N3O/c8-5-1-6(13-4-12-5)11-2-7(9,10)3-14/h1,4,14H,2-3H2,(H,11,12,13). The number of nitrogens with one attached hydrogen (secondary N) is 1. The van der Waals surface area contributed by atoms with Crippen molar-refractivity contribution in [2.24, 2.45) is 0 Å². The first kappa shape index (κ1) is 10.7. The molecule has 14 heavy (non-hydrogen) atoms. The van der Waals surface area contributed by atoms with Crippen molar-refractivity contribution in [3.05, 3.63) is 18.3 Å². The number of hydrogen-bond acceptors (Lipinski definition) is 4. The highest BCUT2D eigenvalue weighted by molar-refractivity contribution is 5.32. The Hall–Kier alpha value is -1.37. The van der Waals surface area contributed by atoms with Crippen molar-refractivity contribution in [2.45, 2.75) is 5.92 Å². The molecule has 0 amide bonds. The van der Waals surface area contributed by atoms with Gasteiger partial charge in [0.2, 0.25) is 5.95 Å². The van der Waals surface area contributed by atoms with Gasteiger partial charge < -0.3 is 10.4 Å². The van der Waals surface area contributed by atoms with E-state index in [-0.39, 0.29) is 5.82 Å². The number of aliphatic hydroxyl groups is 1. The smallest absolute Gasteiger partial charge is 0.287 e. The van der Waals surface area contributed by atoms with E-state index in [1.54, 1.807) is 0 Å². The van der Waals surface area contributed by atoms with Gasteiger partial charge in [-0.3, -0.25) is 0 Å². The molecule has 0 saturated heterocycles. The van der Waals surface area contributed by atoms with Crippen LogP contribution in [0, 0.1) is 5.95 Å². The maximum atomic E-state index is 12.5. The fraction of sp³-hybridized carbons (Fsp3) is 0.429. The minimum Gasteiger partial charge on any atom is -0.390 e. The lowest BCUT2D eigenvalue weighted by Gasteiger charge is -2.13. The summed E-state index contributed by atoms with van der Waals surface area (Å²) in [7, 11) is 0. The van der Waals surface area contributed by atoms with Crippen LogP contribution in [-0.2, 0) is 0 Å². The Balaban J connectivity index is 2.54. The largest absolute Gasteiger partial charge is 0.390 e. The summed E-state index contributed by atoms with van der Waals surface area (Å²) in [5.41, 5.74) is 0. The van der Waals surface area contributed by atoms with Crippen molar-refractivity contribution in [1.29, 1.82) is 0 Å². The van der Waals surface area contributed by atoms with E-state index >= 15 is 0 Å². The second-order valence-corrected chi connectivity index (χ2v) is 2.59. The normalized spacial score (nSPS) is 11.4. The molecule has 1 rings (SSSR count). The van der Waals surface area contributed by atoms with Gasteiger partial charge in [-0.25, -0.2) is 18.7 Å². The monoisotopic (exact) mass is 207 g/mol. The number of nitrogens with zero attached hydrogens (tertiary/aromatic N) is 2. The molecule has 0 aromatic carbocycles. The van der Waals surface area contributed by atoms with Crippen LogP contribution in [-0.4, -0.2) is 34.1 Å². The van der Waals surface area contributed by atoms with E-state index < -0.39 is 25.0 Å². The summed E-state index contributed by atoms with van der Waals surface area (Å²) in [6.07, 6.45) is 0.911. The van der Waals surface area contributed by atoms with Gasteiger partial charge in [-0.2, -0.15) is 4.39 Å². The Morgan fingerprint density at radius 2 is 2.14 bits per heavy atom. The SMILES string of the molecule is OCC(F)(F)CNc1cc(F)ncn1. The Morgan fingerprint density at radius 1 is 1.43 bits per heavy atom. The van der Waals surface area contributed by atoms with Gasteiger partial charge in [-0.1, -0.05) is 0 Å². The van der Waals surface area contributed by atoms with Crippen LogP contribution in [0.25, 0.3) is 0 Å². The van der Waals surface area contributed by atoms with E-state index in [1.165, 1.54) is 0 Å². The van der Waals surface area contributed by atoms with Gasteiger partial charge in [0.15, 0.2) is 0 Å². The molecule has 0 unspecified atom stereocenters. The molecule has 1 aromatic rings. The van der Waals surface area contributed by atoms with E-state index in [0.717, 1.165) is 12.4 Å². The van der Waals surface area contributed by atoms with Gasteiger partial charge >= 0.3 is 0 Å². The van der Waals surface area contributed by atoms with Crippen LogP contribution in [0.15, 0.2) is 12.4 Å². The van der Waals surface area contributed by atoms with Gasteiger partial charge in [0.1, 0.15) is 18.8 Å². The van der Waals surface area contributed by atoms with Crippen LogP contribution < -0.4 is 5.32 Å². The predicted molar refractivity (Wildman–Crippen MR) is 42.5 cm³/mol. The van der Waals surface area contributed by atoms with Crippen molar-refractivity contribution in [2.75, 3.05) is 18.5 Å². The highest BCUT2D eigenvalue weighted by Crippen LogP contribution is 2.13. The molecule has 1 heterocycles. The average molecular weight is 207 g/mol. The van der Waals surface area contributed by atoms with Crippen LogP contribution in [0.4, 0.5) is 19.0 Å². The first-order valence-corrected chi connectivity index (χ1v) is 3.73. The Kier molecular flexibility index (Phi) is 3.23. The zero-order valence-corrected chi connectivity index (χ0v) is 7.04. The van der Waals surface area contributed by atoms with Crippen molar-refractivity contribution in [3.8, 4) is 0 Å². The predicted octanol–water partition coefficient (Wildman–Crippen LogP) is 0.655. The lowest BCUT2D eigenvalue weighted by molar-refractivity contribution is -0.0373. The van der Waals surface area contributed by atoms with Crippen LogP contribution >= 0.6 is 0 Å². The maximum Gasteiger partial charge on any atom is 0.287 e. The number of alkyl halides is 2. The lowest BCUT2D eigenvalue weighted by Crippen LogP contribution is -2.31. The topological polar surface area (TPSA) is 58.0 Å². The van der Waals surface area contributed by atoms with Gasteiger partial charge in [0.05, 0.1) is 6.54 Å². The minimum atomic E-state index is -3.25. The third kappa shape index (κ3) is 3.17. The molecule has 0 bridgehead atoms. The first-order chi connectivity index (χ1) is 6.53. The van der Waals surface area contributed by atoms with Crippen LogP contribution in [0.1, 0.15) is 0 Å². The molecule has 0 radical (unpaired) electrons. The molecule has 4 nitrogen and oxygen atoms in total. The van der Waals surface area contributed by atoms with Gasteiger partial charge in [0.25, 0.3) is 5.92 Å². The number of anilines is 1. The summed E-state index contributed by atoms with van der Waals surface area (Å²) in [6, 6.07) is 0.882. The van der Waals surface area contributed by atoms with Crippen LogP contribution in [0.2, 0.25) is 0 Å².